The average Bonchev–Trinajstić information content (AvgIpc) is 3.08. The van der Waals surface area contributed by atoms with E-state index in [-0.39, 0.29) is 42.7 Å². The Morgan fingerprint density at radius 3 is 2.41 bits per heavy atom. The van der Waals surface area contributed by atoms with Crippen LogP contribution in [0.15, 0.2) is 30.3 Å². The minimum absolute atomic E-state index is 0. The van der Waals surface area contributed by atoms with E-state index in [1.807, 2.05) is 30.3 Å². The number of carbonyl (C=O) groups excluding carboxylic acids is 1. The first-order valence-corrected chi connectivity index (χ1v) is 9.60. The smallest absolute Gasteiger partial charge is 0.223 e. The molecule has 1 aliphatic heterocycles. The monoisotopic (exact) mass is 417 g/mol. The summed E-state index contributed by atoms with van der Waals surface area (Å²) in [5.41, 5.74) is 6.87. The number of carbonyl (C=O) groups is 1. The minimum Gasteiger partial charge on any atom is -0.387 e. The number of benzene rings is 1. The summed E-state index contributed by atoms with van der Waals surface area (Å²) < 4.78 is 0. The number of halogens is 2. The Bertz CT molecular complexity index is 553. The third-order valence-electron chi connectivity index (χ3n) is 5.73. The second-order valence-electron chi connectivity index (χ2n) is 7.69. The van der Waals surface area contributed by atoms with Crippen LogP contribution in [0.25, 0.3) is 0 Å². The first kappa shape index (κ1) is 24.2. The normalized spacial score (nSPS) is 24.5. The summed E-state index contributed by atoms with van der Waals surface area (Å²) in [6.07, 6.45) is 4.46. The highest BCUT2D eigenvalue weighted by Gasteiger charge is 2.28. The van der Waals surface area contributed by atoms with E-state index in [1.165, 1.54) is 0 Å². The van der Waals surface area contributed by atoms with Crippen LogP contribution in [0.3, 0.4) is 0 Å². The molecule has 2 fully saturated rings. The van der Waals surface area contributed by atoms with Crippen molar-refractivity contribution in [3.63, 3.8) is 0 Å². The molecule has 0 aromatic heterocycles. The van der Waals surface area contributed by atoms with Crippen LogP contribution in [-0.2, 0) is 4.79 Å². The Morgan fingerprint density at radius 1 is 1.15 bits per heavy atom. The lowest BCUT2D eigenvalue weighted by Crippen LogP contribution is -2.41. The Hall–Kier alpha value is -0.850. The van der Waals surface area contributed by atoms with E-state index >= 15 is 0 Å². The van der Waals surface area contributed by atoms with Crippen molar-refractivity contribution in [2.45, 2.75) is 44.2 Å². The Labute approximate surface area is 174 Å². The number of piperidine rings is 1. The van der Waals surface area contributed by atoms with Gasteiger partial charge in [-0.05, 0) is 56.7 Å². The van der Waals surface area contributed by atoms with Crippen molar-refractivity contribution in [3.05, 3.63) is 35.9 Å². The van der Waals surface area contributed by atoms with Gasteiger partial charge in [0.1, 0.15) is 0 Å². The highest BCUT2D eigenvalue weighted by atomic mass is 35.5. The molecular formula is C20H33Cl2N3O2. The fraction of sp³-hybridized carbons (Fsp3) is 0.650. The van der Waals surface area contributed by atoms with E-state index in [1.54, 1.807) is 0 Å². The third kappa shape index (κ3) is 7.24. The van der Waals surface area contributed by atoms with Crippen molar-refractivity contribution >= 4 is 30.7 Å². The second kappa shape index (κ2) is 11.9. The van der Waals surface area contributed by atoms with E-state index in [0.717, 1.165) is 57.3 Å². The molecular weight excluding hydrogens is 385 g/mol. The SMILES string of the molecule is Cl.Cl.NC1CCC(C(=O)NCC2CCN(CC(O)c3ccccc3)CC2)C1. The lowest BCUT2D eigenvalue weighted by Gasteiger charge is -2.33. The Kier molecular flexibility index (Phi) is 10.6. The van der Waals surface area contributed by atoms with E-state index in [9.17, 15) is 9.90 Å². The zero-order valence-electron chi connectivity index (χ0n) is 15.8. The van der Waals surface area contributed by atoms with Crippen LogP contribution < -0.4 is 11.1 Å². The van der Waals surface area contributed by atoms with Gasteiger partial charge in [-0.3, -0.25) is 4.79 Å². The lowest BCUT2D eigenvalue weighted by molar-refractivity contribution is -0.125. The van der Waals surface area contributed by atoms with E-state index in [2.05, 4.69) is 10.2 Å². The van der Waals surface area contributed by atoms with Crippen molar-refractivity contribution in [1.29, 1.82) is 0 Å². The lowest BCUT2D eigenvalue weighted by atomic mass is 9.95. The molecule has 4 N–H and O–H groups in total. The fourth-order valence-electron chi connectivity index (χ4n) is 4.04. The van der Waals surface area contributed by atoms with Crippen molar-refractivity contribution in [2.75, 3.05) is 26.2 Å². The van der Waals surface area contributed by atoms with Crippen LogP contribution >= 0.6 is 24.8 Å². The number of nitrogens with two attached hydrogens (primary N) is 1. The first-order valence-electron chi connectivity index (χ1n) is 9.60. The Morgan fingerprint density at radius 2 is 1.81 bits per heavy atom. The maximum absolute atomic E-state index is 12.2. The molecule has 1 aromatic carbocycles. The van der Waals surface area contributed by atoms with Gasteiger partial charge in [0.05, 0.1) is 6.10 Å². The molecule has 7 heteroatoms. The molecule has 3 atom stereocenters. The van der Waals surface area contributed by atoms with Crippen molar-refractivity contribution in [2.24, 2.45) is 17.6 Å². The summed E-state index contributed by atoms with van der Waals surface area (Å²) in [6, 6.07) is 10.0. The van der Waals surface area contributed by atoms with E-state index in [0.29, 0.717) is 12.5 Å². The van der Waals surface area contributed by atoms with Gasteiger partial charge < -0.3 is 21.1 Å². The predicted molar refractivity (Wildman–Crippen MR) is 113 cm³/mol. The van der Waals surface area contributed by atoms with Crippen LogP contribution in [0.1, 0.15) is 43.8 Å². The van der Waals surface area contributed by atoms with Crippen LogP contribution in [0, 0.1) is 11.8 Å². The topological polar surface area (TPSA) is 78.6 Å². The van der Waals surface area contributed by atoms with Gasteiger partial charge in [0.15, 0.2) is 0 Å². The van der Waals surface area contributed by atoms with Gasteiger partial charge in [-0.2, -0.15) is 0 Å². The summed E-state index contributed by atoms with van der Waals surface area (Å²) in [4.78, 5) is 14.5. The number of nitrogens with one attached hydrogen (secondary N) is 1. The molecule has 5 nitrogen and oxygen atoms in total. The molecule has 1 saturated heterocycles. The molecule has 1 aromatic rings. The van der Waals surface area contributed by atoms with Crippen LogP contribution in [0.4, 0.5) is 0 Å². The second-order valence-corrected chi connectivity index (χ2v) is 7.69. The number of rotatable bonds is 6. The number of amides is 1. The zero-order valence-corrected chi connectivity index (χ0v) is 17.4. The summed E-state index contributed by atoms with van der Waals surface area (Å²) in [6.45, 7) is 3.43. The van der Waals surface area contributed by atoms with Crippen molar-refractivity contribution in [3.8, 4) is 0 Å². The molecule has 1 heterocycles. The van der Waals surface area contributed by atoms with Crippen molar-refractivity contribution < 1.29 is 9.90 Å². The molecule has 27 heavy (non-hydrogen) atoms. The molecule has 0 bridgehead atoms. The largest absolute Gasteiger partial charge is 0.387 e. The number of β-amino-alcohol motifs (C(OH)–C–C–N with tert-alkyl or cyclic N) is 1. The molecule has 2 aliphatic rings. The molecule has 1 saturated carbocycles. The number of hydrogen-bond donors (Lipinski definition) is 3. The van der Waals surface area contributed by atoms with Crippen LogP contribution in [0.5, 0.6) is 0 Å². The van der Waals surface area contributed by atoms with Crippen molar-refractivity contribution in [1.82, 2.24) is 10.2 Å². The van der Waals surface area contributed by atoms with Gasteiger partial charge in [-0.25, -0.2) is 0 Å². The van der Waals surface area contributed by atoms with Gasteiger partial charge in [-0.15, -0.1) is 24.8 Å². The van der Waals surface area contributed by atoms with Gasteiger partial charge in [-0.1, -0.05) is 30.3 Å². The van der Waals surface area contributed by atoms with E-state index in [4.69, 9.17) is 5.73 Å². The number of aliphatic hydroxyl groups is 1. The maximum atomic E-state index is 12.2. The minimum atomic E-state index is -0.427. The molecule has 0 radical (unpaired) electrons. The fourth-order valence-corrected chi connectivity index (χ4v) is 4.04. The van der Waals surface area contributed by atoms with Gasteiger partial charge in [0.25, 0.3) is 0 Å². The standard InChI is InChI=1S/C20H31N3O2.2ClH/c21-18-7-6-17(12-18)20(25)22-13-15-8-10-23(11-9-15)14-19(24)16-4-2-1-3-5-16;;/h1-5,15,17-19,24H,6-14,21H2,(H,22,25);2*1H. The first-order chi connectivity index (χ1) is 12.1. The molecule has 1 aliphatic carbocycles. The predicted octanol–water partition coefficient (Wildman–Crippen LogP) is 2.52. The number of aliphatic hydroxyl groups excluding tert-OH is 1. The van der Waals surface area contributed by atoms with Crippen LogP contribution in [-0.4, -0.2) is 48.1 Å². The number of likely N-dealkylation sites (tertiary alicyclic amines) is 1. The summed E-state index contributed by atoms with van der Waals surface area (Å²) in [5, 5.41) is 13.5. The number of hydrogen-bond acceptors (Lipinski definition) is 4. The van der Waals surface area contributed by atoms with Gasteiger partial charge in [0, 0.05) is 25.0 Å². The highest BCUT2D eigenvalue weighted by molar-refractivity contribution is 5.85. The molecule has 1 amide bonds. The Balaban J connectivity index is 0.00000182. The highest BCUT2D eigenvalue weighted by Crippen LogP contribution is 2.25. The zero-order chi connectivity index (χ0) is 17.6. The third-order valence-corrected chi connectivity index (χ3v) is 5.73. The summed E-state index contributed by atoms with van der Waals surface area (Å²) in [7, 11) is 0. The molecule has 154 valence electrons. The van der Waals surface area contributed by atoms with Gasteiger partial charge >= 0.3 is 0 Å². The summed E-state index contributed by atoms with van der Waals surface area (Å²) in [5.74, 6) is 0.857. The van der Waals surface area contributed by atoms with E-state index < -0.39 is 6.10 Å². The average molecular weight is 418 g/mol. The molecule has 3 rings (SSSR count). The molecule has 0 spiro atoms. The molecule has 3 unspecified atom stereocenters. The van der Waals surface area contributed by atoms with Crippen LogP contribution in [0.2, 0.25) is 0 Å². The maximum Gasteiger partial charge on any atom is 0.223 e. The quantitative estimate of drug-likeness (QED) is 0.664. The summed E-state index contributed by atoms with van der Waals surface area (Å²) >= 11 is 0. The van der Waals surface area contributed by atoms with Gasteiger partial charge in [0.2, 0.25) is 5.91 Å². The number of nitrogens with zero attached hydrogens (tertiary/aromatic N) is 1.